The zero-order valence-electron chi connectivity index (χ0n) is 7.55. The summed E-state index contributed by atoms with van der Waals surface area (Å²) in [5.74, 6) is 1.44. The topological polar surface area (TPSA) is 15.6 Å². The third-order valence-corrected chi connectivity index (χ3v) is 3.37. The Morgan fingerprint density at radius 1 is 1.17 bits per heavy atom. The van der Waals surface area contributed by atoms with E-state index in [1.165, 1.54) is 57.5 Å². The van der Waals surface area contributed by atoms with E-state index in [1.807, 2.05) is 0 Å². The van der Waals surface area contributed by atoms with Gasteiger partial charge in [0, 0.05) is 19.5 Å². The van der Waals surface area contributed by atoms with Crippen molar-refractivity contribution in [1.29, 1.82) is 0 Å². The molecule has 1 aliphatic carbocycles. The SMILES string of the molecule is C1CCC2=NC3(CC3)CN2CC1. The minimum Gasteiger partial charge on any atom is -0.358 e. The van der Waals surface area contributed by atoms with Gasteiger partial charge < -0.3 is 4.90 Å². The van der Waals surface area contributed by atoms with Crippen LogP contribution in [-0.4, -0.2) is 29.4 Å². The quantitative estimate of drug-likeness (QED) is 0.533. The summed E-state index contributed by atoms with van der Waals surface area (Å²) in [7, 11) is 0. The lowest BCUT2D eigenvalue weighted by molar-refractivity contribution is 0.412. The van der Waals surface area contributed by atoms with Crippen LogP contribution >= 0.6 is 0 Å². The van der Waals surface area contributed by atoms with E-state index in [0.717, 1.165) is 0 Å². The number of nitrogens with zero attached hydrogens (tertiary/aromatic N) is 2. The summed E-state index contributed by atoms with van der Waals surface area (Å²) >= 11 is 0. The molecule has 2 aliphatic heterocycles. The molecule has 0 N–H and O–H groups in total. The number of amidine groups is 1. The van der Waals surface area contributed by atoms with Crippen LogP contribution in [0.4, 0.5) is 0 Å². The van der Waals surface area contributed by atoms with Crippen molar-refractivity contribution in [3.8, 4) is 0 Å². The largest absolute Gasteiger partial charge is 0.358 e. The summed E-state index contributed by atoms with van der Waals surface area (Å²) < 4.78 is 0. The number of rotatable bonds is 0. The Balaban J connectivity index is 1.84. The Hall–Kier alpha value is -0.530. The van der Waals surface area contributed by atoms with Crippen molar-refractivity contribution in [2.24, 2.45) is 4.99 Å². The molecule has 3 rings (SSSR count). The molecule has 2 heterocycles. The van der Waals surface area contributed by atoms with E-state index in [2.05, 4.69) is 4.90 Å². The maximum absolute atomic E-state index is 4.86. The van der Waals surface area contributed by atoms with Gasteiger partial charge in [-0.15, -0.1) is 0 Å². The first kappa shape index (κ1) is 6.93. The van der Waals surface area contributed by atoms with Crippen molar-refractivity contribution >= 4 is 5.84 Å². The first-order chi connectivity index (χ1) is 5.88. The van der Waals surface area contributed by atoms with Gasteiger partial charge in [-0.1, -0.05) is 6.42 Å². The molecule has 0 aromatic carbocycles. The minimum atomic E-state index is 0.437. The molecule has 0 bridgehead atoms. The predicted octanol–water partition coefficient (Wildman–Crippen LogP) is 1.81. The molecule has 0 atom stereocenters. The summed E-state index contributed by atoms with van der Waals surface area (Å²) in [6.45, 7) is 2.53. The van der Waals surface area contributed by atoms with Crippen LogP contribution in [0.3, 0.4) is 0 Å². The molecule has 0 amide bonds. The van der Waals surface area contributed by atoms with Crippen molar-refractivity contribution < 1.29 is 0 Å². The van der Waals surface area contributed by atoms with Crippen molar-refractivity contribution in [2.75, 3.05) is 13.1 Å². The van der Waals surface area contributed by atoms with Gasteiger partial charge in [-0.3, -0.25) is 4.99 Å². The first-order valence-electron chi connectivity index (χ1n) is 5.22. The summed E-state index contributed by atoms with van der Waals surface area (Å²) in [4.78, 5) is 7.40. The third kappa shape index (κ3) is 0.970. The molecule has 66 valence electrons. The molecule has 1 saturated heterocycles. The second-order valence-electron chi connectivity index (χ2n) is 4.48. The van der Waals surface area contributed by atoms with Crippen molar-refractivity contribution in [3.63, 3.8) is 0 Å². The Morgan fingerprint density at radius 3 is 2.92 bits per heavy atom. The van der Waals surface area contributed by atoms with Gasteiger partial charge in [0.1, 0.15) is 0 Å². The summed E-state index contributed by atoms with van der Waals surface area (Å²) in [5, 5.41) is 0. The fourth-order valence-electron chi connectivity index (χ4n) is 2.43. The van der Waals surface area contributed by atoms with Crippen LogP contribution < -0.4 is 0 Å². The average Bonchev–Trinajstić information content (AvgIpc) is 2.76. The Bertz CT molecular complexity index is 228. The lowest BCUT2D eigenvalue weighted by Crippen LogP contribution is -2.29. The van der Waals surface area contributed by atoms with Gasteiger partial charge >= 0.3 is 0 Å². The zero-order chi connectivity index (χ0) is 8.02. The van der Waals surface area contributed by atoms with Gasteiger partial charge in [0.15, 0.2) is 0 Å². The molecular formula is C10H16N2. The van der Waals surface area contributed by atoms with Crippen LogP contribution in [0.2, 0.25) is 0 Å². The van der Waals surface area contributed by atoms with Crippen molar-refractivity contribution in [3.05, 3.63) is 0 Å². The summed E-state index contributed by atoms with van der Waals surface area (Å²) in [6, 6.07) is 0. The third-order valence-electron chi connectivity index (χ3n) is 3.37. The highest BCUT2D eigenvalue weighted by molar-refractivity contribution is 5.85. The van der Waals surface area contributed by atoms with Gasteiger partial charge in [0.25, 0.3) is 0 Å². The Morgan fingerprint density at radius 2 is 2.08 bits per heavy atom. The van der Waals surface area contributed by atoms with E-state index in [-0.39, 0.29) is 0 Å². The molecule has 3 aliphatic rings. The van der Waals surface area contributed by atoms with Gasteiger partial charge in [0.05, 0.1) is 11.4 Å². The van der Waals surface area contributed by atoms with E-state index in [9.17, 15) is 0 Å². The molecule has 2 heteroatoms. The fraction of sp³-hybridized carbons (Fsp3) is 0.900. The maximum atomic E-state index is 4.86. The van der Waals surface area contributed by atoms with E-state index in [4.69, 9.17) is 4.99 Å². The normalized spacial score (nSPS) is 31.3. The van der Waals surface area contributed by atoms with Crippen molar-refractivity contribution in [1.82, 2.24) is 4.90 Å². The van der Waals surface area contributed by atoms with E-state index in [1.54, 1.807) is 0 Å². The summed E-state index contributed by atoms with van der Waals surface area (Å²) in [5.41, 5.74) is 0.437. The Kier molecular flexibility index (Phi) is 1.29. The van der Waals surface area contributed by atoms with Crippen LogP contribution in [0.1, 0.15) is 38.5 Å². The van der Waals surface area contributed by atoms with Gasteiger partial charge in [0.2, 0.25) is 0 Å². The number of hydrogen-bond acceptors (Lipinski definition) is 2. The Labute approximate surface area is 73.7 Å². The van der Waals surface area contributed by atoms with Crippen LogP contribution in [0, 0.1) is 0 Å². The molecule has 0 aromatic heterocycles. The molecule has 0 aromatic rings. The van der Waals surface area contributed by atoms with Crippen LogP contribution in [0.5, 0.6) is 0 Å². The lowest BCUT2D eigenvalue weighted by Gasteiger charge is -2.17. The summed E-state index contributed by atoms with van der Waals surface area (Å²) in [6.07, 6.45) is 8.12. The molecule has 1 saturated carbocycles. The van der Waals surface area contributed by atoms with E-state index < -0.39 is 0 Å². The van der Waals surface area contributed by atoms with Crippen LogP contribution in [0.15, 0.2) is 4.99 Å². The molecule has 1 spiro atoms. The second-order valence-corrected chi connectivity index (χ2v) is 4.48. The molecule has 0 radical (unpaired) electrons. The number of aliphatic imine (C=N–C) groups is 1. The van der Waals surface area contributed by atoms with Crippen molar-refractivity contribution in [2.45, 2.75) is 44.1 Å². The lowest BCUT2D eigenvalue weighted by atomic mass is 10.2. The molecular weight excluding hydrogens is 148 g/mol. The fourth-order valence-corrected chi connectivity index (χ4v) is 2.43. The number of hydrogen-bond donors (Lipinski definition) is 0. The smallest absolute Gasteiger partial charge is 0.0997 e. The van der Waals surface area contributed by atoms with Gasteiger partial charge in [-0.25, -0.2) is 0 Å². The number of fused-ring (bicyclic) bond motifs is 1. The highest BCUT2D eigenvalue weighted by atomic mass is 15.3. The standard InChI is InChI=1S/C10H16N2/c1-2-4-9-11-10(5-6-10)8-12(9)7-3-1/h1-8H2. The maximum Gasteiger partial charge on any atom is 0.0997 e. The highest BCUT2D eigenvalue weighted by Gasteiger charge is 2.48. The molecule has 0 unspecified atom stereocenters. The highest BCUT2D eigenvalue weighted by Crippen LogP contribution is 2.44. The van der Waals surface area contributed by atoms with Crippen LogP contribution in [-0.2, 0) is 0 Å². The van der Waals surface area contributed by atoms with Gasteiger partial charge in [-0.2, -0.15) is 0 Å². The molecule has 12 heavy (non-hydrogen) atoms. The van der Waals surface area contributed by atoms with E-state index >= 15 is 0 Å². The first-order valence-corrected chi connectivity index (χ1v) is 5.22. The second kappa shape index (κ2) is 2.24. The average molecular weight is 164 g/mol. The van der Waals surface area contributed by atoms with E-state index in [0.29, 0.717) is 5.54 Å². The molecule has 2 nitrogen and oxygen atoms in total. The predicted molar refractivity (Wildman–Crippen MR) is 49.4 cm³/mol. The zero-order valence-corrected chi connectivity index (χ0v) is 7.55. The minimum absolute atomic E-state index is 0.437. The molecule has 2 fully saturated rings. The monoisotopic (exact) mass is 164 g/mol. The van der Waals surface area contributed by atoms with Crippen LogP contribution in [0.25, 0.3) is 0 Å². The van der Waals surface area contributed by atoms with Gasteiger partial charge in [-0.05, 0) is 25.7 Å².